The maximum absolute atomic E-state index is 4.46. The van der Waals surface area contributed by atoms with Crippen LogP contribution in [0.25, 0.3) is 11.0 Å². The van der Waals surface area contributed by atoms with E-state index in [1.807, 2.05) is 18.7 Å². The normalized spacial score (nSPS) is 16.7. The number of aromatic nitrogens is 4. The Kier molecular flexibility index (Phi) is 2.46. The molecule has 0 unspecified atom stereocenters. The molecule has 3 rings (SSSR count). The molecule has 1 saturated heterocycles. The van der Waals surface area contributed by atoms with Crippen LogP contribution in [0.1, 0.15) is 25.0 Å². The molecule has 0 N–H and O–H groups in total. The Morgan fingerprint density at radius 1 is 1.12 bits per heavy atom. The Morgan fingerprint density at radius 3 is 2.65 bits per heavy atom. The Labute approximate surface area is 100 Å². The summed E-state index contributed by atoms with van der Waals surface area (Å²) < 4.78 is 1.90. The molecule has 0 atom stereocenters. The van der Waals surface area contributed by atoms with E-state index in [1.165, 1.54) is 19.3 Å². The van der Waals surface area contributed by atoms with Crippen molar-refractivity contribution in [3.63, 3.8) is 0 Å². The third-order valence-corrected chi connectivity index (χ3v) is 3.42. The van der Waals surface area contributed by atoms with Crippen molar-refractivity contribution in [1.82, 2.24) is 19.7 Å². The van der Waals surface area contributed by atoms with Crippen LogP contribution in [0.2, 0.25) is 0 Å². The third-order valence-electron chi connectivity index (χ3n) is 3.42. The van der Waals surface area contributed by atoms with Crippen LogP contribution in [0.3, 0.4) is 0 Å². The molecule has 5 heteroatoms. The van der Waals surface area contributed by atoms with Gasteiger partial charge in [-0.15, -0.1) is 0 Å². The second-order valence-corrected chi connectivity index (χ2v) is 4.65. The van der Waals surface area contributed by atoms with Crippen molar-refractivity contribution >= 4 is 16.9 Å². The molecule has 5 nitrogen and oxygen atoms in total. The van der Waals surface area contributed by atoms with Gasteiger partial charge in [-0.2, -0.15) is 5.10 Å². The van der Waals surface area contributed by atoms with Crippen LogP contribution in [-0.2, 0) is 7.05 Å². The van der Waals surface area contributed by atoms with Crippen molar-refractivity contribution in [2.45, 2.75) is 26.2 Å². The second kappa shape index (κ2) is 3.98. The maximum Gasteiger partial charge on any atom is 0.158 e. The van der Waals surface area contributed by atoms with E-state index < -0.39 is 0 Å². The van der Waals surface area contributed by atoms with Gasteiger partial charge in [0, 0.05) is 20.1 Å². The van der Waals surface area contributed by atoms with E-state index in [9.17, 15) is 0 Å². The fourth-order valence-electron chi connectivity index (χ4n) is 2.59. The lowest BCUT2D eigenvalue weighted by Crippen LogP contribution is -2.30. The van der Waals surface area contributed by atoms with E-state index in [0.717, 1.165) is 35.6 Å². The van der Waals surface area contributed by atoms with Crippen molar-refractivity contribution in [3.8, 4) is 0 Å². The Hall–Kier alpha value is -1.65. The highest BCUT2D eigenvalue weighted by Gasteiger charge is 2.18. The highest BCUT2D eigenvalue weighted by Crippen LogP contribution is 2.26. The molecule has 3 heterocycles. The van der Waals surface area contributed by atoms with Gasteiger partial charge in [0.1, 0.15) is 17.4 Å². The molecule has 0 aliphatic carbocycles. The molecule has 0 amide bonds. The summed E-state index contributed by atoms with van der Waals surface area (Å²) in [5, 5.41) is 4.43. The zero-order valence-corrected chi connectivity index (χ0v) is 10.3. The highest BCUT2D eigenvalue weighted by molar-refractivity contribution is 5.87. The van der Waals surface area contributed by atoms with E-state index in [0.29, 0.717) is 0 Å². The smallest absolute Gasteiger partial charge is 0.158 e. The van der Waals surface area contributed by atoms with Crippen molar-refractivity contribution in [2.24, 2.45) is 7.05 Å². The zero-order valence-electron chi connectivity index (χ0n) is 10.3. The van der Waals surface area contributed by atoms with Gasteiger partial charge in [-0.1, -0.05) is 0 Å². The molecule has 90 valence electrons. The van der Waals surface area contributed by atoms with Gasteiger partial charge >= 0.3 is 0 Å². The van der Waals surface area contributed by atoms with E-state index in [2.05, 4.69) is 20.0 Å². The summed E-state index contributed by atoms with van der Waals surface area (Å²) >= 11 is 0. The summed E-state index contributed by atoms with van der Waals surface area (Å²) in [4.78, 5) is 11.2. The van der Waals surface area contributed by atoms with Crippen molar-refractivity contribution in [1.29, 1.82) is 0 Å². The second-order valence-electron chi connectivity index (χ2n) is 4.65. The number of nitrogens with zero attached hydrogens (tertiary/aromatic N) is 5. The lowest BCUT2D eigenvalue weighted by Gasteiger charge is -2.27. The van der Waals surface area contributed by atoms with E-state index in [1.54, 1.807) is 6.33 Å². The van der Waals surface area contributed by atoms with Gasteiger partial charge in [-0.05, 0) is 26.2 Å². The van der Waals surface area contributed by atoms with Crippen molar-refractivity contribution in [3.05, 3.63) is 12.0 Å². The Bertz CT molecular complexity index is 539. The first-order chi connectivity index (χ1) is 8.27. The van der Waals surface area contributed by atoms with Gasteiger partial charge in [0.25, 0.3) is 0 Å². The molecule has 0 saturated carbocycles. The van der Waals surface area contributed by atoms with Crippen LogP contribution in [0.15, 0.2) is 6.33 Å². The number of fused-ring (bicyclic) bond motifs is 1. The van der Waals surface area contributed by atoms with Crippen LogP contribution in [0, 0.1) is 6.92 Å². The topological polar surface area (TPSA) is 46.8 Å². The van der Waals surface area contributed by atoms with Crippen molar-refractivity contribution < 1.29 is 0 Å². The Balaban J connectivity index is 2.15. The predicted octanol–water partition coefficient (Wildman–Crippen LogP) is 1.66. The number of anilines is 1. The molecule has 17 heavy (non-hydrogen) atoms. The molecule has 0 aromatic carbocycles. The fourth-order valence-corrected chi connectivity index (χ4v) is 2.59. The summed E-state index contributed by atoms with van der Waals surface area (Å²) in [6, 6.07) is 0. The molecule has 1 aliphatic rings. The summed E-state index contributed by atoms with van der Waals surface area (Å²) in [6.07, 6.45) is 5.49. The molecule has 1 fully saturated rings. The van der Waals surface area contributed by atoms with E-state index >= 15 is 0 Å². The van der Waals surface area contributed by atoms with Crippen LogP contribution in [0.5, 0.6) is 0 Å². The molecule has 2 aromatic heterocycles. The van der Waals surface area contributed by atoms with Crippen LogP contribution in [0.4, 0.5) is 5.82 Å². The average Bonchev–Trinajstić information content (AvgIpc) is 2.66. The van der Waals surface area contributed by atoms with Crippen LogP contribution in [-0.4, -0.2) is 32.8 Å². The van der Waals surface area contributed by atoms with Crippen molar-refractivity contribution in [2.75, 3.05) is 18.0 Å². The number of rotatable bonds is 1. The van der Waals surface area contributed by atoms with Gasteiger partial charge in [-0.3, -0.25) is 4.68 Å². The monoisotopic (exact) mass is 231 g/mol. The lowest BCUT2D eigenvalue weighted by molar-refractivity contribution is 0.573. The third kappa shape index (κ3) is 1.66. The number of hydrogen-bond donors (Lipinski definition) is 0. The quantitative estimate of drug-likeness (QED) is 0.749. The van der Waals surface area contributed by atoms with E-state index in [-0.39, 0.29) is 0 Å². The summed E-state index contributed by atoms with van der Waals surface area (Å²) in [6.45, 7) is 4.18. The fraction of sp³-hybridized carbons (Fsp3) is 0.583. The van der Waals surface area contributed by atoms with E-state index in [4.69, 9.17) is 0 Å². The standard InChI is InChI=1S/C12H17N5/c1-9-10-11(16(2)15-9)12(14-8-13-10)17-6-4-3-5-7-17/h8H,3-7H2,1-2H3. The largest absolute Gasteiger partial charge is 0.355 e. The van der Waals surface area contributed by atoms with Gasteiger partial charge in [0.2, 0.25) is 0 Å². The molecule has 0 spiro atoms. The SMILES string of the molecule is Cc1nn(C)c2c(N3CCCCC3)ncnc12. The summed E-state index contributed by atoms with van der Waals surface area (Å²) in [7, 11) is 1.96. The lowest BCUT2D eigenvalue weighted by atomic mass is 10.1. The average molecular weight is 231 g/mol. The molecule has 1 aliphatic heterocycles. The van der Waals surface area contributed by atoms with Gasteiger partial charge in [0.15, 0.2) is 5.82 Å². The number of hydrogen-bond acceptors (Lipinski definition) is 4. The highest BCUT2D eigenvalue weighted by atomic mass is 15.3. The molecule has 0 bridgehead atoms. The molecular weight excluding hydrogens is 214 g/mol. The number of aryl methyl sites for hydroxylation is 2. The molecule has 0 radical (unpaired) electrons. The first-order valence-corrected chi connectivity index (χ1v) is 6.16. The Morgan fingerprint density at radius 2 is 1.88 bits per heavy atom. The number of piperidine rings is 1. The summed E-state index contributed by atoms with van der Waals surface area (Å²) in [5.74, 6) is 1.04. The first-order valence-electron chi connectivity index (χ1n) is 6.16. The minimum Gasteiger partial charge on any atom is -0.355 e. The van der Waals surface area contributed by atoms with Crippen LogP contribution < -0.4 is 4.90 Å². The minimum atomic E-state index is 0.975. The van der Waals surface area contributed by atoms with Crippen LogP contribution >= 0.6 is 0 Å². The maximum atomic E-state index is 4.46. The van der Waals surface area contributed by atoms with Gasteiger partial charge in [0.05, 0.1) is 5.69 Å². The zero-order chi connectivity index (χ0) is 11.8. The van der Waals surface area contributed by atoms with Gasteiger partial charge < -0.3 is 4.90 Å². The predicted molar refractivity (Wildman–Crippen MR) is 67.1 cm³/mol. The summed E-state index contributed by atoms with van der Waals surface area (Å²) in [5.41, 5.74) is 3.01. The van der Waals surface area contributed by atoms with Gasteiger partial charge in [-0.25, -0.2) is 9.97 Å². The minimum absolute atomic E-state index is 0.975. The molecule has 2 aromatic rings. The first kappa shape index (κ1) is 10.5. The molecular formula is C12H17N5.